The van der Waals surface area contributed by atoms with E-state index < -0.39 is 17.7 Å². The summed E-state index contributed by atoms with van der Waals surface area (Å²) >= 11 is 1.17. The molecule has 180 valence electrons. The SMILES string of the molecule is COc1ccc([C@@H]2/C(=C(\O)c3ccc4c(c3)OCCO4)C(=O)C(=O)N2c2nnc(C)s2)cc1OC. The molecule has 2 aliphatic rings. The number of aliphatic hydroxyl groups is 1. The fourth-order valence-corrected chi connectivity index (χ4v) is 4.81. The predicted molar refractivity (Wildman–Crippen MR) is 126 cm³/mol. The summed E-state index contributed by atoms with van der Waals surface area (Å²) in [6.07, 6.45) is 0. The van der Waals surface area contributed by atoms with Crippen LogP contribution in [0.4, 0.5) is 5.13 Å². The first-order chi connectivity index (χ1) is 16.9. The first-order valence-electron chi connectivity index (χ1n) is 10.7. The molecule has 3 aromatic rings. The zero-order valence-corrected chi connectivity index (χ0v) is 19.9. The summed E-state index contributed by atoms with van der Waals surface area (Å²) in [6, 6.07) is 8.90. The normalized spacial score (nSPS) is 18.6. The summed E-state index contributed by atoms with van der Waals surface area (Å²) in [5.74, 6) is -0.143. The lowest BCUT2D eigenvalue weighted by Crippen LogP contribution is -2.29. The molecule has 1 aromatic heterocycles. The number of methoxy groups -OCH3 is 2. The molecule has 1 fully saturated rings. The highest BCUT2D eigenvalue weighted by atomic mass is 32.1. The maximum absolute atomic E-state index is 13.3. The van der Waals surface area contributed by atoms with Crippen LogP contribution in [0.25, 0.3) is 5.76 Å². The van der Waals surface area contributed by atoms with Gasteiger partial charge in [0.05, 0.1) is 25.8 Å². The van der Waals surface area contributed by atoms with Gasteiger partial charge in [-0.3, -0.25) is 14.5 Å². The van der Waals surface area contributed by atoms with E-state index in [1.165, 1.54) is 30.5 Å². The third-order valence-electron chi connectivity index (χ3n) is 5.70. The smallest absolute Gasteiger partial charge is 0.301 e. The van der Waals surface area contributed by atoms with Gasteiger partial charge in [-0.05, 0) is 42.8 Å². The van der Waals surface area contributed by atoms with Crippen LogP contribution in [0.15, 0.2) is 42.0 Å². The van der Waals surface area contributed by atoms with Gasteiger partial charge >= 0.3 is 5.91 Å². The minimum Gasteiger partial charge on any atom is -0.507 e. The maximum atomic E-state index is 13.3. The lowest BCUT2D eigenvalue weighted by Gasteiger charge is -2.23. The molecule has 1 atom stereocenters. The van der Waals surface area contributed by atoms with Crippen LogP contribution in [0.2, 0.25) is 0 Å². The predicted octanol–water partition coefficient (Wildman–Crippen LogP) is 3.26. The molecular weight excluding hydrogens is 474 g/mol. The molecular formula is C24H21N3O7S. The average Bonchev–Trinajstić information content (AvgIpc) is 3.42. The van der Waals surface area contributed by atoms with E-state index in [0.29, 0.717) is 52.3 Å². The third-order valence-corrected chi connectivity index (χ3v) is 6.54. The number of aliphatic hydroxyl groups excluding tert-OH is 1. The van der Waals surface area contributed by atoms with E-state index in [9.17, 15) is 14.7 Å². The third kappa shape index (κ3) is 3.83. The molecule has 0 aliphatic carbocycles. The van der Waals surface area contributed by atoms with Crippen molar-refractivity contribution in [2.45, 2.75) is 13.0 Å². The molecule has 0 saturated carbocycles. The number of nitrogens with zero attached hydrogens (tertiary/aromatic N) is 3. The first-order valence-corrected chi connectivity index (χ1v) is 11.5. The largest absolute Gasteiger partial charge is 0.507 e. The second-order valence-corrected chi connectivity index (χ2v) is 8.91. The Morgan fingerprint density at radius 3 is 2.46 bits per heavy atom. The van der Waals surface area contributed by atoms with Crippen LogP contribution in [-0.4, -0.2) is 54.4 Å². The van der Waals surface area contributed by atoms with Crippen LogP contribution in [0.3, 0.4) is 0 Å². The molecule has 5 rings (SSSR count). The van der Waals surface area contributed by atoms with Gasteiger partial charge in [-0.25, -0.2) is 0 Å². The molecule has 3 heterocycles. The minimum absolute atomic E-state index is 0.0910. The Balaban J connectivity index is 1.70. The summed E-state index contributed by atoms with van der Waals surface area (Å²) in [6.45, 7) is 2.53. The number of hydrogen-bond acceptors (Lipinski definition) is 10. The number of carbonyl (C=O) groups excluding carboxylic acids is 2. The van der Waals surface area contributed by atoms with E-state index >= 15 is 0 Å². The van der Waals surface area contributed by atoms with Gasteiger partial charge in [0.15, 0.2) is 23.0 Å². The van der Waals surface area contributed by atoms with Crippen molar-refractivity contribution in [3.63, 3.8) is 0 Å². The van der Waals surface area contributed by atoms with Gasteiger partial charge in [0, 0.05) is 5.56 Å². The van der Waals surface area contributed by atoms with Crippen molar-refractivity contribution in [1.82, 2.24) is 10.2 Å². The van der Waals surface area contributed by atoms with Crippen LogP contribution in [0.5, 0.6) is 23.0 Å². The van der Waals surface area contributed by atoms with Crippen LogP contribution in [0, 0.1) is 6.92 Å². The number of amides is 1. The number of anilines is 1. The van der Waals surface area contributed by atoms with Crippen LogP contribution in [0.1, 0.15) is 22.2 Å². The first kappa shape index (κ1) is 22.7. The minimum atomic E-state index is -0.977. The second kappa shape index (κ2) is 8.91. The van der Waals surface area contributed by atoms with Gasteiger partial charge in [0.25, 0.3) is 5.78 Å². The molecule has 2 aliphatic heterocycles. The van der Waals surface area contributed by atoms with Crippen molar-refractivity contribution < 1.29 is 33.6 Å². The summed E-state index contributed by atoms with van der Waals surface area (Å²) in [4.78, 5) is 27.8. The van der Waals surface area contributed by atoms with Crippen molar-refractivity contribution in [2.75, 3.05) is 32.3 Å². The monoisotopic (exact) mass is 495 g/mol. The van der Waals surface area contributed by atoms with E-state index in [0.717, 1.165) is 0 Å². The van der Waals surface area contributed by atoms with Crippen molar-refractivity contribution in [2.24, 2.45) is 0 Å². The van der Waals surface area contributed by atoms with Crippen LogP contribution in [-0.2, 0) is 9.59 Å². The highest BCUT2D eigenvalue weighted by Crippen LogP contribution is 2.45. The van der Waals surface area contributed by atoms with Crippen molar-refractivity contribution in [1.29, 1.82) is 0 Å². The summed E-state index contributed by atoms with van der Waals surface area (Å²) < 4.78 is 21.9. The van der Waals surface area contributed by atoms with Gasteiger partial charge in [-0.2, -0.15) is 0 Å². The molecule has 1 N–H and O–H groups in total. The molecule has 11 heteroatoms. The lowest BCUT2D eigenvalue weighted by molar-refractivity contribution is -0.132. The number of carbonyl (C=O) groups is 2. The highest BCUT2D eigenvalue weighted by molar-refractivity contribution is 7.15. The quantitative estimate of drug-likeness (QED) is 0.323. The fraction of sp³-hybridized carbons (Fsp3) is 0.250. The molecule has 0 spiro atoms. The number of hydrogen-bond donors (Lipinski definition) is 1. The van der Waals surface area contributed by atoms with Crippen LogP contribution < -0.4 is 23.8 Å². The lowest BCUT2D eigenvalue weighted by atomic mass is 9.95. The number of rotatable bonds is 5. The Morgan fingerprint density at radius 1 is 1.03 bits per heavy atom. The molecule has 1 saturated heterocycles. The Morgan fingerprint density at radius 2 is 1.77 bits per heavy atom. The molecule has 1 amide bonds. The molecule has 35 heavy (non-hydrogen) atoms. The Kier molecular flexibility index (Phi) is 5.77. The van der Waals surface area contributed by atoms with E-state index in [4.69, 9.17) is 18.9 Å². The zero-order valence-electron chi connectivity index (χ0n) is 19.1. The summed E-state index contributed by atoms with van der Waals surface area (Å²) in [7, 11) is 3.00. The number of aromatic nitrogens is 2. The zero-order chi connectivity index (χ0) is 24.7. The van der Waals surface area contributed by atoms with Gasteiger partial charge in [0.2, 0.25) is 5.13 Å². The Bertz CT molecular complexity index is 1370. The molecule has 0 radical (unpaired) electrons. The van der Waals surface area contributed by atoms with E-state index in [2.05, 4.69) is 10.2 Å². The maximum Gasteiger partial charge on any atom is 0.301 e. The fourth-order valence-electron chi connectivity index (χ4n) is 4.10. The number of fused-ring (bicyclic) bond motifs is 1. The Labute approximate surface area is 204 Å². The topological polar surface area (TPSA) is 120 Å². The molecule has 0 unspecified atom stereocenters. The van der Waals surface area contributed by atoms with Crippen LogP contribution >= 0.6 is 11.3 Å². The van der Waals surface area contributed by atoms with Crippen molar-refractivity contribution in [3.8, 4) is 23.0 Å². The number of Topliss-reactive ketones (excluding diaryl/α,β-unsaturated/α-hetero) is 1. The van der Waals surface area contributed by atoms with Crippen molar-refractivity contribution in [3.05, 3.63) is 58.1 Å². The van der Waals surface area contributed by atoms with Gasteiger partial charge in [0.1, 0.15) is 24.0 Å². The number of benzene rings is 2. The standard InChI is InChI=1S/C24H21N3O7S/c1-12-25-26-24(35-12)27-20(13-4-6-15(31-2)17(10-13)32-3)19(22(29)23(27)30)21(28)14-5-7-16-18(11-14)34-9-8-33-16/h4-7,10-11,20,28H,8-9H2,1-3H3/b21-19+/t20-/m1/s1. The van der Waals surface area contributed by atoms with Gasteiger partial charge in [-0.15, -0.1) is 10.2 Å². The Hall–Kier alpha value is -4.12. The average molecular weight is 496 g/mol. The number of aryl methyl sites for hydroxylation is 1. The summed E-state index contributed by atoms with van der Waals surface area (Å²) in [5, 5.41) is 20.3. The van der Waals surface area contributed by atoms with Gasteiger partial charge in [-0.1, -0.05) is 17.4 Å². The second-order valence-electron chi connectivity index (χ2n) is 7.75. The van der Waals surface area contributed by atoms with E-state index in [-0.39, 0.29) is 16.5 Å². The molecule has 10 nitrogen and oxygen atoms in total. The van der Waals surface area contributed by atoms with Crippen molar-refractivity contribution >= 4 is 33.9 Å². The molecule has 2 aromatic carbocycles. The van der Waals surface area contributed by atoms with E-state index in [1.54, 1.807) is 43.3 Å². The van der Waals surface area contributed by atoms with E-state index in [1.807, 2.05) is 0 Å². The van der Waals surface area contributed by atoms with Gasteiger partial charge < -0.3 is 24.1 Å². The molecule has 0 bridgehead atoms. The highest BCUT2D eigenvalue weighted by Gasteiger charge is 2.48. The number of ether oxygens (including phenoxy) is 4. The summed E-state index contributed by atoms with van der Waals surface area (Å²) in [5.41, 5.74) is 0.742. The number of ketones is 1.